The fourth-order valence-corrected chi connectivity index (χ4v) is 2.83. The van der Waals surface area contributed by atoms with E-state index in [0.29, 0.717) is 13.0 Å². The summed E-state index contributed by atoms with van der Waals surface area (Å²) in [4.78, 5) is 47.1. The number of likely N-dealkylation sites (N-methyl/N-ethyl adjacent to an activating group) is 1. The Hall–Kier alpha value is -3.69. The van der Waals surface area contributed by atoms with Gasteiger partial charge in [-0.1, -0.05) is 0 Å². The zero-order valence-electron chi connectivity index (χ0n) is 17.1. The number of hydrogen-bond acceptors (Lipinski definition) is 8. The van der Waals surface area contributed by atoms with Crippen LogP contribution in [0.1, 0.15) is 27.3 Å². The molecular formula is C20H22N4O6. The number of benzene rings is 1. The van der Waals surface area contributed by atoms with E-state index >= 15 is 0 Å². The van der Waals surface area contributed by atoms with Gasteiger partial charge in [-0.3, -0.25) is 9.59 Å². The standard InChI is InChI=1S/C20H22N4O6/c1-23(2)18(25)15-10-22-17(11-21-15)30-14-8-12(20(27)28-4)7-13(9-14)29-16-5-6-24(3)19(16)26/h7-11,16H,5-6H2,1-4H3. The SMILES string of the molecule is COC(=O)c1cc(Oc2cnc(C(=O)N(C)C)cn2)cc(OC2CCN(C)C2=O)c1. The third-order valence-corrected chi connectivity index (χ3v) is 4.43. The molecule has 1 atom stereocenters. The van der Waals surface area contributed by atoms with E-state index in [4.69, 9.17) is 14.2 Å². The summed E-state index contributed by atoms with van der Waals surface area (Å²) in [7, 11) is 6.19. The Morgan fingerprint density at radius 2 is 1.87 bits per heavy atom. The Morgan fingerprint density at radius 1 is 1.13 bits per heavy atom. The maximum atomic E-state index is 12.1. The first kappa shape index (κ1) is 21.0. The second kappa shape index (κ2) is 8.76. The predicted molar refractivity (Wildman–Crippen MR) is 105 cm³/mol. The summed E-state index contributed by atoms with van der Waals surface area (Å²) in [5, 5.41) is 0. The van der Waals surface area contributed by atoms with E-state index in [-0.39, 0.29) is 40.5 Å². The van der Waals surface area contributed by atoms with Crippen molar-refractivity contribution in [2.24, 2.45) is 0 Å². The Balaban J connectivity index is 1.83. The molecule has 1 aromatic carbocycles. The number of carbonyl (C=O) groups is 3. The van der Waals surface area contributed by atoms with Crippen molar-refractivity contribution in [2.45, 2.75) is 12.5 Å². The molecule has 2 aromatic rings. The maximum absolute atomic E-state index is 12.1. The van der Waals surface area contributed by atoms with Gasteiger partial charge in [0.25, 0.3) is 11.8 Å². The topological polar surface area (TPSA) is 111 Å². The maximum Gasteiger partial charge on any atom is 0.338 e. The van der Waals surface area contributed by atoms with E-state index in [1.54, 1.807) is 32.1 Å². The van der Waals surface area contributed by atoms with Crippen LogP contribution in [0.3, 0.4) is 0 Å². The van der Waals surface area contributed by atoms with Gasteiger partial charge in [-0.2, -0.15) is 0 Å². The summed E-state index contributed by atoms with van der Waals surface area (Å²) in [6.07, 6.45) is 2.51. The molecule has 1 fully saturated rings. The molecule has 0 bridgehead atoms. The van der Waals surface area contributed by atoms with Gasteiger partial charge in [-0.25, -0.2) is 14.8 Å². The Kier molecular flexibility index (Phi) is 6.14. The average molecular weight is 414 g/mol. The third kappa shape index (κ3) is 4.65. The molecule has 3 rings (SSSR count). The zero-order chi connectivity index (χ0) is 21.8. The number of rotatable bonds is 6. The molecule has 0 saturated carbocycles. The molecule has 0 spiro atoms. The molecular weight excluding hydrogens is 392 g/mol. The number of hydrogen-bond donors (Lipinski definition) is 0. The van der Waals surface area contributed by atoms with Crippen LogP contribution >= 0.6 is 0 Å². The molecule has 10 nitrogen and oxygen atoms in total. The van der Waals surface area contributed by atoms with E-state index in [2.05, 4.69) is 9.97 Å². The number of methoxy groups -OCH3 is 1. The second-order valence-corrected chi connectivity index (χ2v) is 6.88. The Bertz CT molecular complexity index is 960. The Morgan fingerprint density at radius 3 is 2.43 bits per heavy atom. The van der Waals surface area contributed by atoms with E-state index in [1.165, 1.54) is 36.5 Å². The van der Waals surface area contributed by atoms with Crippen LogP contribution < -0.4 is 9.47 Å². The molecule has 0 radical (unpaired) electrons. The lowest BCUT2D eigenvalue weighted by atomic mass is 10.2. The van der Waals surface area contributed by atoms with Crippen molar-refractivity contribution in [3.63, 3.8) is 0 Å². The molecule has 1 unspecified atom stereocenters. The minimum absolute atomic E-state index is 0.120. The van der Waals surface area contributed by atoms with E-state index in [9.17, 15) is 14.4 Å². The van der Waals surface area contributed by atoms with Gasteiger partial charge in [0, 0.05) is 40.2 Å². The zero-order valence-corrected chi connectivity index (χ0v) is 17.1. The highest BCUT2D eigenvalue weighted by molar-refractivity contribution is 5.91. The first-order valence-electron chi connectivity index (χ1n) is 9.15. The molecule has 1 aliphatic rings. The molecule has 1 saturated heterocycles. The highest BCUT2D eigenvalue weighted by atomic mass is 16.5. The molecule has 0 aliphatic carbocycles. The van der Waals surface area contributed by atoms with Crippen molar-refractivity contribution < 1.29 is 28.6 Å². The molecule has 2 heterocycles. The van der Waals surface area contributed by atoms with E-state index in [0.717, 1.165) is 0 Å². The predicted octanol–water partition coefficient (Wildman–Crippen LogP) is 1.37. The fourth-order valence-electron chi connectivity index (χ4n) is 2.83. The van der Waals surface area contributed by atoms with Gasteiger partial charge in [-0.15, -0.1) is 0 Å². The first-order valence-corrected chi connectivity index (χ1v) is 9.15. The number of likely N-dealkylation sites (tertiary alicyclic amines) is 1. The van der Waals surface area contributed by atoms with Gasteiger partial charge in [0.05, 0.1) is 25.1 Å². The highest BCUT2D eigenvalue weighted by Gasteiger charge is 2.31. The lowest BCUT2D eigenvalue weighted by Crippen LogP contribution is -2.29. The van der Waals surface area contributed by atoms with E-state index in [1.807, 2.05) is 0 Å². The van der Waals surface area contributed by atoms with Crippen LogP contribution in [0.5, 0.6) is 17.4 Å². The lowest BCUT2D eigenvalue weighted by molar-refractivity contribution is -0.132. The smallest absolute Gasteiger partial charge is 0.338 e. The van der Waals surface area contributed by atoms with Crippen LogP contribution in [0, 0.1) is 0 Å². The number of amides is 2. The number of ether oxygens (including phenoxy) is 3. The first-order chi connectivity index (χ1) is 14.3. The minimum Gasteiger partial charge on any atom is -0.480 e. The normalized spacial score (nSPS) is 15.7. The second-order valence-electron chi connectivity index (χ2n) is 6.88. The van der Waals surface area contributed by atoms with Crippen molar-refractivity contribution in [1.82, 2.24) is 19.8 Å². The third-order valence-electron chi connectivity index (χ3n) is 4.43. The van der Waals surface area contributed by atoms with Gasteiger partial charge in [0.15, 0.2) is 6.10 Å². The minimum atomic E-state index is -0.633. The largest absolute Gasteiger partial charge is 0.480 e. The number of nitrogens with zero attached hydrogens (tertiary/aromatic N) is 4. The summed E-state index contributed by atoms with van der Waals surface area (Å²) in [5.41, 5.74) is 0.361. The Labute approximate surface area is 173 Å². The van der Waals surface area contributed by atoms with Crippen molar-refractivity contribution >= 4 is 17.8 Å². The number of aromatic nitrogens is 2. The molecule has 1 aliphatic heterocycles. The summed E-state index contributed by atoms with van der Waals surface area (Å²) in [5.74, 6) is -0.355. The molecule has 2 amide bonds. The number of carbonyl (C=O) groups excluding carboxylic acids is 3. The van der Waals surface area contributed by atoms with Gasteiger partial charge in [0.2, 0.25) is 5.88 Å². The van der Waals surface area contributed by atoms with Crippen LogP contribution in [0.2, 0.25) is 0 Å². The van der Waals surface area contributed by atoms with Gasteiger partial charge >= 0.3 is 5.97 Å². The van der Waals surface area contributed by atoms with Crippen LogP contribution in [0.4, 0.5) is 0 Å². The molecule has 158 valence electrons. The van der Waals surface area contributed by atoms with E-state index < -0.39 is 12.1 Å². The van der Waals surface area contributed by atoms with Crippen LogP contribution in [-0.2, 0) is 9.53 Å². The lowest BCUT2D eigenvalue weighted by Gasteiger charge is -2.15. The van der Waals surface area contributed by atoms with Crippen molar-refractivity contribution in [3.8, 4) is 17.4 Å². The summed E-state index contributed by atoms with van der Waals surface area (Å²) >= 11 is 0. The molecule has 10 heteroatoms. The average Bonchev–Trinajstić information content (AvgIpc) is 3.05. The monoisotopic (exact) mass is 414 g/mol. The van der Waals surface area contributed by atoms with Crippen molar-refractivity contribution in [2.75, 3.05) is 34.8 Å². The summed E-state index contributed by atoms with van der Waals surface area (Å²) in [6.45, 7) is 0.594. The van der Waals surface area contributed by atoms with Crippen LogP contribution in [0.15, 0.2) is 30.6 Å². The van der Waals surface area contributed by atoms with Crippen molar-refractivity contribution in [1.29, 1.82) is 0 Å². The van der Waals surface area contributed by atoms with Gasteiger partial charge < -0.3 is 24.0 Å². The summed E-state index contributed by atoms with van der Waals surface area (Å²) in [6, 6.07) is 4.48. The fraction of sp³-hybridized carbons (Fsp3) is 0.350. The van der Waals surface area contributed by atoms with Crippen molar-refractivity contribution in [3.05, 3.63) is 41.9 Å². The molecule has 1 aromatic heterocycles. The summed E-state index contributed by atoms with van der Waals surface area (Å²) < 4.78 is 16.2. The van der Waals surface area contributed by atoms with Gasteiger partial charge in [0.1, 0.15) is 17.2 Å². The van der Waals surface area contributed by atoms with Crippen LogP contribution in [-0.4, -0.2) is 78.5 Å². The van der Waals surface area contributed by atoms with Gasteiger partial charge in [-0.05, 0) is 12.1 Å². The number of esters is 1. The molecule has 30 heavy (non-hydrogen) atoms. The molecule has 0 N–H and O–H groups in total. The highest BCUT2D eigenvalue weighted by Crippen LogP contribution is 2.29. The quantitative estimate of drug-likeness (QED) is 0.652. The van der Waals surface area contributed by atoms with Crippen LogP contribution in [0.25, 0.3) is 0 Å².